The van der Waals surface area contributed by atoms with Crippen molar-refractivity contribution < 1.29 is 23.9 Å². The van der Waals surface area contributed by atoms with Crippen LogP contribution in [0.4, 0.5) is 4.79 Å². The Morgan fingerprint density at radius 2 is 1.06 bits per heavy atom. The summed E-state index contributed by atoms with van der Waals surface area (Å²) in [4.78, 5) is 43.6. The molecule has 0 saturated carbocycles. The molecule has 0 fully saturated rings. The second-order valence-corrected chi connectivity index (χ2v) is 14.0. The molecule has 7 nitrogen and oxygen atoms in total. The van der Waals surface area contributed by atoms with E-state index >= 15 is 0 Å². The van der Waals surface area contributed by atoms with Gasteiger partial charge in [0.2, 0.25) is 5.91 Å². The fourth-order valence-corrected chi connectivity index (χ4v) is 7.38. The Bertz CT molecular complexity index is 1850. The maximum atomic E-state index is 14.5. The molecule has 0 unspecified atom stereocenters. The number of fused-ring (bicyclic) bond motifs is 3. The number of hydrogen-bond acceptors (Lipinski definition) is 5. The van der Waals surface area contributed by atoms with Crippen LogP contribution in [0.25, 0.3) is 11.1 Å². The van der Waals surface area contributed by atoms with Gasteiger partial charge in [0.05, 0.1) is 0 Å². The van der Waals surface area contributed by atoms with Gasteiger partial charge in [0, 0.05) is 29.7 Å². The van der Waals surface area contributed by atoms with Gasteiger partial charge >= 0.3 is 12.1 Å². The molecule has 2 atom stereocenters. The molecule has 7 heteroatoms. The van der Waals surface area contributed by atoms with E-state index in [4.69, 9.17) is 9.47 Å². The summed E-state index contributed by atoms with van der Waals surface area (Å²) in [7, 11) is 1.57. The van der Waals surface area contributed by atoms with Crippen molar-refractivity contribution in [1.29, 1.82) is 0 Å². The second-order valence-electron chi connectivity index (χ2n) is 14.0. The summed E-state index contributed by atoms with van der Waals surface area (Å²) in [5, 5.41) is 2.97. The van der Waals surface area contributed by atoms with Crippen molar-refractivity contribution in [3.63, 3.8) is 0 Å². The highest BCUT2D eigenvalue weighted by atomic mass is 16.6. The smallest absolute Gasteiger partial charge is 0.410 e. The normalized spacial score (nSPS) is 13.5. The fraction of sp³-hybridized carbons (Fsp3) is 0.267. The van der Waals surface area contributed by atoms with E-state index in [1.807, 2.05) is 143 Å². The number of hydrogen-bond donors (Lipinski definition) is 1. The molecular weight excluding hydrogens is 649 g/mol. The Hall–Kier alpha value is -5.69. The molecule has 0 bridgehead atoms. The van der Waals surface area contributed by atoms with Crippen molar-refractivity contribution in [1.82, 2.24) is 10.2 Å². The van der Waals surface area contributed by atoms with Gasteiger partial charge in [-0.3, -0.25) is 9.69 Å². The summed E-state index contributed by atoms with van der Waals surface area (Å²) in [6.45, 7) is 7.59. The molecule has 6 rings (SSSR count). The minimum absolute atomic E-state index is 0.115. The summed E-state index contributed by atoms with van der Waals surface area (Å²) in [6.07, 6.45) is -0.615. The van der Waals surface area contributed by atoms with Crippen LogP contribution < -0.4 is 5.32 Å². The standard InChI is InChI=1S/C45H46N2O5/c1-30(2)40(43(49)52-45(32-19-9-6-10-20-32,33-21-11-7-12-22-33)34-23-13-8-14-24-34)46-42(48)41(31(3)4)47(5)44(50)51-29-39-37-27-17-15-25-35(37)36-26-16-18-28-38(36)39/h6-28,30-31,39-41H,29H2,1-5H3,(H,46,48)/t40-,41+/m1/s1. The topological polar surface area (TPSA) is 84.9 Å². The van der Waals surface area contributed by atoms with Gasteiger partial charge in [-0.1, -0.05) is 167 Å². The van der Waals surface area contributed by atoms with Crippen LogP contribution in [0.5, 0.6) is 0 Å². The van der Waals surface area contributed by atoms with Gasteiger partial charge in [0.25, 0.3) is 0 Å². The lowest BCUT2D eigenvalue weighted by molar-refractivity contribution is -0.159. The van der Waals surface area contributed by atoms with Crippen LogP contribution in [0.2, 0.25) is 0 Å². The number of carbonyl (C=O) groups excluding carboxylic acids is 3. The lowest BCUT2D eigenvalue weighted by Gasteiger charge is -2.37. The van der Waals surface area contributed by atoms with Crippen molar-refractivity contribution in [3.05, 3.63) is 167 Å². The van der Waals surface area contributed by atoms with E-state index in [1.165, 1.54) is 4.90 Å². The van der Waals surface area contributed by atoms with Crippen LogP contribution in [0.15, 0.2) is 140 Å². The number of nitrogens with one attached hydrogen (secondary N) is 1. The minimum atomic E-state index is -1.30. The van der Waals surface area contributed by atoms with E-state index in [9.17, 15) is 14.4 Å². The van der Waals surface area contributed by atoms with Crippen LogP contribution in [0.3, 0.4) is 0 Å². The van der Waals surface area contributed by atoms with Crippen molar-refractivity contribution >= 4 is 18.0 Å². The minimum Gasteiger partial charge on any atom is -0.448 e. The van der Waals surface area contributed by atoms with Gasteiger partial charge in [0.15, 0.2) is 5.60 Å². The zero-order valence-corrected chi connectivity index (χ0v) is 30.4. The average Bonchev–Trinajstić information content (AvgIpc) is 3.49. The van der Waals surface area contributed by atoms with E-state index in [2.05, 4.69) is 29.6 Å². The van der Waals surface area contributed by atoms with Gasteiger partial charge < -0.3 is 14.8 Å². The molecule has 266 valence electrons. The maximum Gasteiger partial charge on any atom is 0.410 e. The van der Waals surface area contributed by atoms with Gasteiger partial charge in [0.1, 0.15) is 18.7 Å². The molecule has 1 aliphatic carbocycles. The van der Waals surface area contributed by atoms with Gasteiger partial charge in [-0.25, -0.2) is 9.59 Å². The molecule has 0 spiro atoms. The third kappa shape index (κ3) is 7.09. The van der Waals surface area contributed by atoms with E-state index in [-0.39, 0.29) is 24.4 Å². The van der Waals surface area contributed by atoms with Crippen molar-refractivity contribution in [2.45, 2.75) is 51.3 Å². The second kappa shape index (κ2) is 15.7. The highest BCUT2D eigenvalue weighted by Crippen LogP contribution is 2.45. The summed E-state index contributed by atoms with van der Waals surface area (Å²) in [6, 6.07) is 43.3. The van der Waals surface area contributed by atoms with Gasteiger partial charge in [-0.05, 0) is 34.1 Å². The van der Waals surface area contributed by atoms with Gasteiger partial charge in [-0.15, -0.1) is 0 Å². The summed E-state index contributed by atoms with van der Waals surface area (Å²) >= 11 is 0. The highest BCUT2D eigenvalue weighted by molar-refractivity contribution is 5.90. The van der Waals surface area contributed by atoms with Crippen molar-refractivity contribution in [2.75, 3.05) is 13.7 Å². The first kappa shape index (κ1) is 36.1. The third-order valence-corrected chi connectivity index (χ3v) is 9.95. The van der Waals surface area contributed by atoms with E-state index in [0.29, 0.717) is 0 Å². The highest BCUT2D eigenvalue weighted by Gasteiger charge is 2.43. The van der Waals surface area contributed by atoms with Gasteiger partial charge in [-0.2, -0.15) is 0 Å². The Balaban J connectivity index is 1.23. The van der Waals surface area contributed by atoms with Crippen molar-refractivity contribution in [2.24, 2.45) is 11.8 Å². The van der Waals surface area contributed by atoms with Crippen LogP contribution >= 0.6 is 0 Å². The molecule has 0 heterocycles. The Morgan fingerprint density at radius 1 is 0.635 bits per heavy atom. The summed E-state index contributed by atoms with van der Waals surface area (Å²) < 4.78 is 12.6. The molecule has 1 N–H and O–H groups in total. The molecule has 0 aliphatic heterocycles. The summed E-state index contributed by atoms with van der Waals surface area (Å²) in [5.74, 6) is -1.79. The van der Waals surface area contributed by atoms with Crippen LogP contribution in [-0.2, 0) is 24.7 Å². The monoisotopic (exact) mass is 694 g/mol. The molecule has 5 aromatic rings. The Morgan fingerprint density at radius 3 is 1.48 bits per heavy atom. The molecule has 0 saturated heterocycles. The predicted molar refractivity (Wildman–Crippen MR) is 204 cm³/mol. The number of likely N-dealkylation sites (N-methyl/N-ethyl adjacent to an activating group) is 1. The number of rotatable bonds is 12. The van der Waals surface area contributed by atoms with E-state index in [0.717, 1.165) is 38.9 Å². The number of amides is 2. The van der Waals surface area contributed by atoms with Crippen LogP contribution in [0.1, 0.15) is 61.4 Å². The maximum absolute atomic E-state index is 14.5. The zero-order chi connectivity index (χ0) is 36.8. The molecule has 5 aromatic carbocycles. The summed E-state index contributed by atoms with van der Waals surface area (Å²) in [5.41, 5.74) is 5.48. The average molecular weight is 695 g/mol. The SMILES string of the molecule is CC(C)[C@@H](C(=O)N[C@@H](C(=O)OC(c1ccccc1)(c1ccccc1)c1ccccc1)C(C)C)N(C)C(=O)OCC1c2ccccc2-c2ccccc21. The number of nitrogens with zero attached hydrogens (tertiary/aromatic N) is 1. The number of ether oxygens (including phenoxy) is 2. The first-order chi connectivity index (χ1) is 25.1. The largest absolute Gasteiger partial charge is 0.448 e. The quantitative estimate of drug-likeness (QED) is 0.105. The zero-order valence-electron chi connectivity index (χ0n) is 30.4. The number of benzene rings is 5. The third-order valence-electron chi connectivity index (χ3n) is 9.95. The molecule has 0 aromatic heterocycles. The Labute approximate surface area is 306 Å². The fourth-order valence-electron chi connectivity index (χ4n) is 7.38. The molecule has 52 heavy (non-hydrogen) atoms. The lowest BCUT2D eigenvalue weighted by Crippen LogP contribution is -2.56. The number of carbonyl (C=O) groups is 3. The van der Waals surface area contributed by atoms with E-state index < -0.39 is 35.7 Å². The van der Waals surface area contributed by atoms with Crippen molar-refractivity contribution in [3.8, 4) is 11.1 Å². The molecule has 0 radical (unpaired) electrons. The Kier molecular flexibility index (Phi) is 10.9. The lowest BCUT2D eigenvalue weighted by atomic mass is 9.80. The first-order valence-corrected chi connectivity index (χ1v) is 17.9. The van der Waals surface area contributed by atoms with Crippen LogP contribution in [0, 0.1) is 11.8 Å². The van der Waals surface area contributed by atoms with Crippen LogP contribution in [-0.4, -0.2) is 48.6 Å². The van der Waals surface area contributed by atoms with E-state index in [1.54, 1.807) is 7.05 Å². The molecule has 2 amide bonds. The molecule has 1 aliphatic rings. The first-order valence-electron chi connectivity index (χ1n) is 17.9. The molecular formula is C45H46N2O5. The number of esters is 1. The predicted octanol–water partition coefficient (Wildman–Crippen LogP) is 8.57.